The zero-order valence-electron chi connectivity index (χ0n) is 11.7. The standard InChI is InChI=1S/C13H9N3O7/c1-8-3-2-4-10(5-8)23-13-11(15(19)20)6-9(14(17)18)7-12(13)16(21)22/h2-7H,1H3. The molecule has 0 N–H and O–H groups in total. The molecule has 23 heavy (non-hydrogen) atoms. The average Bonchev–Trinajstić information content (AvgIpc) is 2.46. The fourth-order valence-corrected chi connectivity index (χ4v) is 1.86. The van der Waals surface area contributed by atoms with E-state index in [2.05, 4.69) is 0 Å². The van der Waals surface area contributed by atoms with Crippen LogP contribution < -0.4 is 4.74 Å². The molecule has 10 nitrogen and oxygen atoms in total. The lowest BCUT2D eigenvalue weighted by Gasteiger charge is -2.07. The van der Waals surface area contributed by atoms with Crippen LogP contribution in [0.2, 0.25) is 0 Å². The number of non-ortho nitro benzene ring substituents is 1. The molecule has 10 heteroatoms. The van der Waals surface area contributed by atoms with E-state index >= 15 is 0 Å². The molecule has 2 aromatic carbocycles. The van der Waals surface area contributed by atoms with Crippen LogP contribution in [0.25, 0.3) is 0 Å². The topological polar surface area (TPSA) is 139 Å². The van der Waals surface area contributed by atoms with Crippen LogP contribution in [0.3, 0.4) is 0 Å². The van der Waals surface area contributed by atoms with Crippen molar-refractivity contribution in [2.75, 3.05) is 0 Å². The molecule has 0 radical (unpaired) electrons. The Bertz CT molecular complexity index is 784. The van der Waals surface area contributed by atoms with Gasteiger partial charge in [-0.3, -0.25) is 30.3 Å². The SMILES string of the molecule is Cc1cccc(Oc2c([N+](=O)[O-])cc([N+](=O)[O-])cc2[N+](=O)[O-])c1. The highest BCUT2D eigenvalue weighted by Crippen LogP contribution is 2.42. The third-order valence-corrected chi connectivity index (χ3v) is 2.85. The molecule has 0 spiro atoms. The summed E-state index contributed by atoms with van der Waals surface area (Å²) in [5, 5.41) is 33.0. The van der Waals surface area contributed by atoms with Crippen molar-refractivity contribution in [3.8, 4) is 11.5 Å². The number of benzene rings is 2. The Morgan fingerprint density at radius 1 is 0.870 bits per heavy atom. The van der Waals surface area contributed by atoms with E-state index in [-0.39, 0.29) is 5.75 Å². The molecule has 0 aliphatic heterocycles. The number of nitro groups is 3. The van der Waals surface area contributed by atoms with Crippen molar-refractivity contribution in [1.82, 2.24) is 0 Å². The lowest BCUT2D eigenvalue weighted by atomic mass is 10.2. The lowest BCUT2D eigenvalue weighted by molar-refractivity contribution is -0.404. The molecule has 0 aliphatic carbocycles. The maximum Gasteiger partial charge on any atom is 0.325 e. The van der Waals surface area contributed by atoms with Crippen LogP contribution in [-0.2, 0) is 0 Å². The minimum atomic E-state index is -0.967. The molecule has 2 rings (SSSR count). The van der Waals surface area contributed by atoms with Crippen molar-refractivity contribution in [3.63, 3.8) is 0 Å². The highest BCUT2D eigenvalue weighted by Gasteiger charge is 2.32. The summed E-state index contributed by atoms with van der Waals surface area (Å²) < 4.78 is 5.27. The molecule has 0 aliphatic rings. The molecule has 0 saturated carbocycles. The number of nitrogens with zero attached hydrogens (tertiary/aromatic N) is 3. The summed E-state index contributed by atoms with van der Waals surface area (Å²) in [6.07, 6.45) is 0. The van der Waals surface area contributed by atoms with Crippen molar-refractivity contribution in [3.05, 3.63) is 72.3 Å². The van der Waals surface area contributed by atoms with Crippen LogP contribution in [0.15, 0.2) is 36.4 Å². The van der Waals surface area contributed by atoms with Gasteiger partial charge in [0.15, 0.2) is 0 Å². The van der Waals surface area contributed by atoms with Gasteiger partial charge in [-0.15, -0.1) is 0 Å². The summed E-state index contributed by atoms with van der Waals surface area (Å²) in [7, 11) is 0. The van der Waals surface area contributed by atoms with Gasteiger partial charge in [-0.05, 0) is 24.6 Å². The normalized spacial score (nSPS) is 10.1. The second-order valence-electron chi connectivity index (χ2n) is 4.50. The number of rotatable bonds is 5. The Morgan fingerprint density at radius 2 is 1.43 bits per heavy atom. The first-order chi connectivity index (χ1) is 10.8. The molecule has 0 atom stereocenters. The predicted molar refractivity (Wildman–Crippen MR) is 77.7 cm³/mol. The third-order valence-electron chi connectivity index (χ3n) is 2.85. The molecule has 2 aromatic rings. The Labute approximate surface area is 128 Å². The van der Waals surface area contributed by atoms with Crippen molar-refractivity contribution in [1.29, 1.82) is 0 Å². The molecule has 0 saturated heterocycles. The summed E-state index contributed by atoms with van der Waals surface area (Å²) in [5.74, 6) is -0.513. The Morgan fingerprint density at radius 3 is 1.87 bits per heavy atom. The first-order valence-electron chi connectivity index (χ1n) is 6.15. The first kappa shape index (κ1) is 15.8. The highest BCUT2D eigenvalue weighted by molar-refractivity contribution is 5.66. The molecule has 118 valence electrons. The average molecular weight is 319 g/mol. The van der Waals surface area contributed by atoms with Gasteiger partial charge in [-0.2, -0.15) is 0 Å². The minimum absolute atomic E-state index is 0.144. The molecule has 0 heterocycles. The maximum atomic E-state index is 11.1. The maximum absolute atomic E-state index is 11.1. The van der Waals surface area contributed by atoms with Crippen LogP contribution in [0.4, 0.5) is 17.1 Å². The summed E-state index contributed by atoms with van der Waals surface area (Å²) in [4.78, 5) is 30.1. The highest BCUT2D eigenvalue weighted by atomic mass is 16.6. The fourth-order valence-electron chi connectivity index (χ4n) is 1.86. The summed E-state index contributed by atoms with van der Waals surface area (Å²) >= 11 is 0. The van der Waals surface area contributed by atoms with E-state index in [1.807, 2.05) is 0 Å². The van der Waals surface area contributed by atoms with Gasteiger partial charge in [0.05, 0.1) is 26.9 Å². The summed E-state index contributed by atoms with van der Waals surface area (Å²) in [5.41, 5.74) is -1.70. The number of hydrogen-bond acceptors (Lipinski definition) is 7. The minimum Gasteiger partial charge on any atom is -0.444 e. The van der Waals surface area contributed by atoms with Gasteiger partial charge in [0.2, 0.25) is 0 Å². The monoisotopic (exact) mass is 319 g/mol. The van der Waals surface area contributed by atoms with E-state index in [1.165, 1.54) is 12.1 Å². The number of hydrogen-bond donors (Lipinski definition) is 0. The van der Waals surface area contributed by atoms with Gasteiger partial charge >= 0.3 is 11.4 Å². The Hall–Kier alpha value is -3.56. The quantitative estimate of drug-likeness (QED) is 0.606. The van der Waals surface area contributed by atoms with E-state index in [0.717, 1.165) is 5.56 Å². The van der Waals surface area contributed by atoms with Gasteiger partial charge in [-0.1, -0.05) is 12.1 Å². The molecule has 0 fully saturated rings. The van der Waals surface area contributed by atoms with Crippen LogP contribution >= 0.6 is 0 Å². The van der Waals surface area contributed by atoms with Crippen LogP contribution in [0, 0.1) is 37.3 Å². The van der Waals surface area contributed by atoms with E-state index in [0.29, 0.717) is 12.1 Å². The Kier molecular flexibility index (Phi) is 4.16. The van der Waals surface area contributed by atoms with Gasteiger partial charge in [0, 0.05) is 0 Å². The van der Waals surface area contributed by atoms with Crippen molar-refractivity contribution in [2.24, 2.45) is 0 Å². The number of aryl methyl sites for hydroxylation is 1. The zero-order valence-corrected chi connectivity index (χ0v) is 11.7. The van der Waals surface area contributed by atoms with E-state index in [1.54, 1.807) is 19.1 Å². The molecular weight excluding hydrogens is 310 g/mol. The summed E-state index contributed by atoms with van der Waals surface area (Å²) in [6, 6.07) is 7.58. The van der Waals surface area contributed by atoms with Crippen LogP contribution in [-0.4, -0.2) is 14.8 Å². The Balaban J connectivity index is 2.66. The van der Waals surface area contributed by atoms with Crippen LogP contribution in [0.5, 0.6) is 11.5 Å². The van der Waals surface area contributed by atoms with Gasteiger partial charge in [-0.25, -0.2) is 0 Å². The smallest absolute Gasteiger partial charge is 0.325 e. The third kappa shape index (κ3) is 3.37. The zero-order chi connectivity index (χ0) is 17.1. The van der Waals surface area contributed by atoms with E-state index in [4.69, 9.17) is 4.74 Å². The second kappa shape index (κ2) is 6.05. The largest absolute Gasteiger partial charge is 0.444 e. The molecule has 0 bridgehead atoms. The molecule has 0 unspecified atom stereocenters. The van der Waals surface area contributed by atoms with Gasteiger partial charge in [0.25, 0.3) is 11.4 Å². The van der Waals surface area contributed by atoms with Gasteiger partial charge < -0.3 is 4.74 Å². The molecule has 0 aromatic heterocycles. The number of nitro benzene ring substituents is 3. The second-order valence-corrected chi connectivity index (χ2v) is 4.50. The van der Waals surface area contributed by atoms with Crippen LogP contribution in [0.1, 0.15) is 5.56 Å². The van der Waals surface area contributed by atoms with Gasteiger partial charge in [0.1, 0.15) is 5.75 Å². The fraction of sp³-hybridized carbons (Fsp3) is 0.0769. The number of ether oxygens (including phenoxy) is 1. The lowest BCUT2D eigenvalue weighted by Crippen LogP contribution is -2.01. The molecular formula is C13H9N3O7. The first-order valence-corrected chi connectivity index (χ1v) is 6.15. The van der Waals surface area contributed by atoms with E-state index < -0.39 is 37.6 Å². The predicted octanol–water partition coefficient (Wildman–Crippen LogP) is 3.51. The van der Waals surface area contributed by atoms with Crippen molar-refractivity contribution >= 4 is 17.1 Å². The van der Waals surface area contributed by atoms with Crippen molar-refractivity contribution in [2.45, 2.75) is 6.92 Å². The van der Waals surface area contributed by atoms with Crippen molar-refractivity contribution < 1.29 is 19.5 Å². The molecule has 0 amide bonds. The van der Waals surface area contributed by atoms with E-state index in [9.17, 15) is 30.3 Å². The summed E-state index contributed by atoms with van der Waals surface area (Å²) in [6.45, 7) is 1.74.